The number of carbonyl (C=O) groups is 4. The number of urea groups is 1. The second kappa shape index (κ2) is 5.27. The van der Waals surface area contributed by atoms with E-state index in [0.29, 0.717) is 11.1 Å². The first-order chi connectivity index (χ1) is 12.0. The Labute approximate surface area is 142 Å². The van der Waals surface area contributed by atoms with Crippen molar-refractivity contribution < 1.29 is 19.2 Å². The van der Waals surface area contributed by atoms with Crippen molar-refractivity contribution in [1.82, 2.24) is 5.32 Å². The predicted octanol–water partition coefficient (Wildman–Crippen LogP) is 1.93. The van der Waals surface area contributed by atoms with Gasteiger partial charge >= 0.3 is 6.03 Å². The van der Waals surface area contributed by atoms with Gasteiger partial charge in [0.05, 0.1) is 22.5 Å². The summed E-state index contributed by atoms with van der Waals surface area (Å²) in [5.41, 5.74) is 0.996. The number of imide groups is 2. The number of nitrogens with one attached hydrogen (secondary N) is 1. The van der Waals surface area contributed by atoms with E-state index in [2.05, 4.69) is 5.32 Å². The lowest BCUT2D eigenvalue weighted by molar-refractivity contribution is -0.117. The molecule has 0 aromatic heterocycles. The number of carbonyl (C=O) groups excluding carboxylic acids is 4. The van der Waals surface area contributed by atoms with E-state index in [0.717, 1.165) is 9.80 Å². The molecule has 1 unspecified atom stereocenters. The third-order valence-corrected chi connectivity index (χ3v) is 4.29. The average Bonchev–Trinajstić information content (AvgIpc) is 3.01. The molecule has 5 amide bonds. The molecule has 0 spiro atoms. The average molecular weight is 335 g/mol. The number of hydrogen-bond donors (Lipinski definition) is 1. The highest BCUT2D eigenvalue weighted by Gasteiger charge is 2.42. The van der Waals surface area contributed by atoms with Gasteiger partial charge in [-0.05, 0) is 31.2 Å². The fourth-order valence-electron chi connectivity index (χ4n) is 3.08. The van der Waals surface area contributed by atoms with Crippen LogP contribution in [-0.2, 0) is 4.79 Å². The minimum atomic E-state index is -0.664. The van der Waals surface area contributed by atoms with E-state index in [1.54, 1.807) is 49.4 Å². The molecule has 0 radical (unpaired) electrons. The van der Waals surface area contributed by atoms with Crippen molar-refractivity contribution in [3.8, 4) is 0 Å². The van der Waals surface area contributed by atoms with Gasteiger partial charge in [0.15, 0.2) is 0 Å². The SMILES string of the molecule is CC1NC(=O)N(c2ccccc2N2C(=O)c3ccccc3C2=O)C1=O. The van der Waals surface area contributed by atoms with Gasteiger partial charge in [0.25, 0.3) is 17.7 Å². The van der Waals surface area contributed by atoms with Gasteiger partial charge in [-0.2, -0.15) is 0 Å². The molecule has 124 valence electrons. The lowest BCUT2D eigenvalue weighted by Gasteiger charge is -2.22. The smallest absolute Gasteiger partial charge is 0.326 e. The zero-order valence-corrected chi connectivity index (χ0v) is 13.2. The normalized spacial score (nSPS) is 19.5. The molecule has 1 saturated heterocycles. The molecule has 2 heterocycles. The van der Waals surface area contributed by atoms with Crippen LogP contribution in [0.15, 0.2) is 48.5 Å². The first-order valence-corrected chi connectivity index (χ1v) is 7.72. The third-order valence-electron chi connectivity index (χ3n) is 4.29. The molecule has 7 heteroatoms. The van der Waals surface area contributed by atoms with Gasteiger partial charge in [-0.3, -0.25) is 14.4 Å². The van der Waals surface area contributed by atoms with Crippen molar-refractivity contribution in [2.75, 3.05) is 9.80 Å². The van der Waals surface area contributed by atoms with E-state index in [1.807, 2.05) is 0 Å². The summed E-state index contributed by atoms with van der Waals surface area (Å²) in [5.74, 6) is -1.39. The van der Waals surface area contributed by atoms with E-state index in [-0.39, 0.29) is 11.4 Å². The van der Waals surface area contributed by atoms with Gasteiger partial charge < -0.3 is 5.32 Å². The number of hydrogen-bond acceptors (Lipinski definition) is 4. The van der Waals surface area contributed by atoms with Gasteiger partial charge in [0.1, 0.15) is 6.04 Å². The molecule has 0 bridgehead atoms. The fourth-order valence-corrected chi connectivity index (χ4v) is 3.08. The summed E-state index contributed by atoms with van der Waals surface area (Å²) in [6.45, 7) is 1.57. The Bertz CT molecular complexity index is 918. The minimum Gasteiger partial charge on any atom is -0.326 e. The van der Waals surface area contributed by atoms with Crippen molar-refractivity contribution >= 4 is 35.1 Å². The minimum absolute atomic E-state index is 0.198. The number of rotatable bonds is 2. The Morgan fingerprint density at radius 2 is 1.24 bits per heavy atom. The first-order valence-electron chi connectivity index (χ1n) is 7.72. The number of amides is 5. The van der Waals surface area contributed by atoms with Crippen molar-refractivity contribution in [3.63, 3.8) is 0 Å². The van der Waals surface area contributed by atoms with E-state index in [9.17, 15) is 19.2 Å². The van der Waals surface area contributed by atoms with Crippen LogP contribution in [0.2, 0.25) is 0 Å². The van der Waals surface area contributed by atoms with E-state index in [4.69, 9.17) is 0 Å². The van der Waals surface area contributed by atoms with Crippen molar-refractivity contribution in [2.45, 2.75) is 13.0 Å². The summed E-state index contributed by atoms with van der Waals surface area (Å²) in [4.78, 5) is 51.8. The summed E-state index contributed by atoms with van der Waals surface area (Å²) in [7, 11) is 0. The Balaban J connectivity index is 1.84. The van der Waals surface area contributed by atoms with Gasteiger partial charge in [-0.15, -0.1) is 0 Å². The highest BCUT2D eigenvalue weighted by molar-refractivity contribution is 6.36. The molecule has 25 heavy (non-hydrogen) atoms. The van der Waals surface area contributed by atoms with Crippen molar-refractivity contribution in [1.29, 1.82) is 0 Å². The predicted molar refractivity (Wildman–Crippen MR) is 89.5 cm³/mol. The van der Waals surface area contributed by atoms with Gasteiger partial charge in [-0.1, -0.05) is 24.3 Å². The van der Waals surface area contributed by atoms with E-state index < -0.39 is 29.8 Å². The van der Waals surface area contributed by atoms with Crippen LogP contribution in [0.4, 0.5) is 16.2 Å². The topological polar surface area (TPSA) is 86.8 Å². The molecule has 1 N–H and O–H groups in total. The molecule has 2 aromatic rings. The van der Waals surface area contributed by atoms with Crippen LogP contribution < -0.4 is 15.1 Å². The molecule has 0 saturated carbocycles. The van der Waals surface area contributed by atoms with Crippen LogP contribution >= 0.6 is 0 Å². The standard InChI is InChI=1S/C18H13N3O4/c1-10-15(22)21(18(25)19-10)14-9-5-4-8-13(14)20-16(23)11-6-2-3-7-12(11)17(20)24/h2-10H,1H3,(H,19,25). The zero-order chi connectivity index (χ0) is 17.7. The second-order valence-corrected chi connectivity index (χ2v) is 5.82. The number of anilines is 2. The van der Waals surface area contributed by atoms with Crippen LogP contribution in [0.1, 0.15) is 27.6 Å². The van der Waals surface area contributed by atoms with Crippen LogP contribution in [-0.4, -0.2) is 29.8 Å². The molecule has 7 nitrogen and oxygen atoms in total. The quantitative estimate of drug-likeness (QED) is 0.671. The highest BCUT2D eigenvalue weighted by atomic mass is 16.2. The maximum Gasteiger partial charge on any atom is 0.329 e. The monoisotopic (exact) mass is 335 g/mol. The Hall–Kier alpha value is -3.48. The molecule has 2 aromatic carbocycles. The fraction of sp³-hybridized carbons (Fsp3) is 0.111. The van der Waals surface area contributed by atoms with Gasteiger partial charge in [0, 0.05) is 0 Å². The summed E-state index contributed by atoms with van der Waals surface area (Å²) >= 11 is 0. The number of para-hydroxylation sites is 2. The molecule has 2 aliphatic rings. The van der Waals surface area contributed by atoms with E-state index in [1.165, 1.54) is 6.07 Å². The molecule has 1 atom stereocenters. The lowest BCUT2D eigenvalue weighted by atomic mass is 10.1. The summed E-state index contributed by atoms with van der Waals surface area (Å²) in [6, 6.07) is 11.6. The van der Waals surface area contributed by atoms with Crippen LogP contribution in [0, 0.1) is 0 Å². The zero-order valence-electron chi connectivity index (χ0n) is 13.2. The summed E-state index contributed by atoms with van der Waals surface area (Å²) < 4.78 is 0. The van der Waals surface area contributed by atoms with Crippen molar-refractivity contribution in [3.05, 3.63) is 59.7 Å². The Kier molecular flexibility index (Phi) is 3.18. The lowest BCUT2D eigenvalue weighted by Crippen LogP contribution is -2.35. The third kappa shape index (κ3) is 2.06. The maximum atomic E-state index is 12.7. The van der Waals surface area contributed by atoms with Crippen LogP contribution in [0.5, 0.6) is 0 Å². The first kappa shape index (κ1) is 15.1. The highest BCUT2D eigenvalue weighted by Crippen LogP contribution is 2.36. The molecular weight excluding hydrogens is 322 g/mol. The summed E-state index contributed by atoms with van der Waals surface area (Å²) in [5, 5.41) is 2.52. The van der Waals surface area contributed by atoms with Crippen molar-refractivity contribution in [2.24, 2.45) is 0 Å². The molecule has 4 rings (SSSR count). The molecule has 2 aliphatic heterocycles. The van der Waals surface area contributed by atoms with Gasteiger partial charge in [0.2, 0.25) is 0 Å². The van der Waals surface area contributed by atoms with E-state index >= 15 is 0 Å². The largest absolute Gasteiger partial charge is 0.329 e. The Morgan fingerprint density at radius 1 is 0.760 bits per heavy atom. The van der Waals surface area contributed by atoms with Gasteiger partial charge in [-0.25, -0.2) is 14.6 Å². The summed E-state index contributed by atoms with van der Waals surface area (Å²) in [6.07, 6.45) is 0. The number of fused-ring (bicyclic) bond motifs is 1. The molecule has 1 fully saturated rings. The maximum absolute atomic E-state index is 12.7. The molecular formula is C18H13N3O4. The Morgan fingerprint density at radius 3 is 1.72 bits per heavy atom. The second-order valence-electron chi connectivity index (χ2n) is 5.82. The number of benzene rings is 2. The molecule has 0 aliphatic carbocycles. The van der Waals surface area contributed by atoms with Crippen LogP contribution in [0.3, 0.4) is 0 Å². The van der Waals surface area contributed by atoms with Crippen LogP contribution in [0.25, 0.3) is 0 Å². The number of nitrogens with zero attached hydrogens (tertiary/aromatic N) is 2.